The minimum Gasteiger partial charge on any atom is -0.494 e. The molecule has 0 aliphatic rings. The third kappa shape index (κ3) is 5.35. The van der Waals surface area contributed by atoms with Crippen LogP contribution in [0.4, 0.5) is 0 Å². The van der Waals surface area contributed by atoms with Crippen LogP contribution in [0.2, 0.25) is 0 Å². The second kappa shape index (κ2) is 6.80. The lowest BCUT2D eigenvalue weighted by atomic mass is 10.2. The zero-order chi connectivity index (χ0) is 12.7. The van der Waals surface area contributed by atoms with Crippen LogP contribution in [-0.4, -0.2) is 16.4 Å². The maximum atomic E-state index is 11.0. The smallest absolute Gasteiger partial charge is 0.356 e. The van der Waals surface area contributed by atoms with Gasteiger partial charge in [-0.3, -0.25) is 4.57 Å². The van der Waals surface area contributed by atoms with E-state index in [1.807, 2.05) is 0 Å². The molecule has 0 atom stereocenters. The second-order valence-electron chi connectivity index (χ2n) is 3.95. The molecule has 0 spiro atoms. The summed E-state index contributed by atoms with van der Waals surface area (Å²) in [4.78, 5) is 18.0. The Morgan fingerprint density at radius 2 is 2.00 bits per heavy atom. The normalized spacial score (nSPS) is 11.5. The summed E-state index contributed by atoms with van der Waals surface area (Å²) in [5.41, 5.74) is 0. The molecule has 1 rings (SSSR count). The first-order valence-electron chi connectivity index (χ1n) is 5.83. The molecule has 96 valence electrons. The van der Waals surface area contributed by atoms with Crippen LogP contribution in [0.25, 0.3) is 0 Å². The highest BCUT2D eigenvalue weighted by atomic mass is 31.2. The van der Waals surface area contributed by atoms with Gasteiger partial charge in [-0.05, 0) is 24.6 Å². The van der Waals surface area contributed by atoms with Crippen molar-refractivity contribution in [3.8, 4) is 5.75 Å². The first-order chi connectivity index (χ1) is 8.04. The van der Waals surface area contributed by atoms with Crippen molar-refractivity contribution in [3.05, 3.63) is 24.3 Å². The van der Waals surface area contributed by atoms with Crippen molar-refractivity contribution in [2.45, 2.75) is 32.6 Å². The molecule has 0 radical (unpaired) electrons. The Kier molecular flexibility index (Phi) is 5.69. The molecule has 0 fully saturated rings. The van der Waals surface area contributed by atoms with E-state index in [1.54, 1.807) is 12.1 Å². The van der Waals surface area contributed by atoms with Gasteiger partial charge in [0.1, 0.15) is 5.75 Å². The van der Waals surface area contributed by atoms with Crippen molar-refractivity contribution >= 4 is 12.9 Å². The first-order valence-corrected chi connectivity index (χ1v) is 7.44. The van der Waals surface area contributed by atoms with E-state index in [2.05, 4.69) is 6.92 Å². The van der Waals surface area contributed by atoms with E-state index in [-0.39, 0.29) is 5.30 Å². The quantitative estimate of drug-likeness (QED) is 0.582. The van der Waals surface area contributed by atoms with Gasteiger partial charge in [0.25, 0.3) is 0 Å². The predicted octanol–water partition coefficient (Wildman–Crippen LogP) is 2.45. The van der Waals surface area contributed by atoms with Crippen molar-refractivity contribution in [2.24, 2.45) is 0 Å². The van der Waals surface area contributed by atoms with Crippen molar-refractivity contribution in [1.29, 1.82) is 0 Å². The van der Waals surface area contributed by atoms with Gasteiger partial charge >= 0.3 is 7.60 Å². The Hall–Kier alpha value is -0.830. The fraction of sp³-hybridized carbons (Fsp3) is 0.500. The molecule has 0 saturated heterocycles. The number of rotatable bonds is 7. The molecule has 0 saturated carbocycles. The first kappa shape index (κ1) is 14.2. The summed E-state index contributed by atoms with van der Waals surface area (Å²) in [6.07, 6.45) is 4.45. The second-order valence-corrected chi connectivity index (χ2v) is 5.55. The van der Waals surface area contributed by atoms with E-state index in [9.17, 15) is 4.57 Å². The zero-order valence-corrected chi connectivity index (χ0v) is 10.9. The topological polar surface area (TPSA) is 66.8 Å². The molecule has 0 bridgehead atoms. The standard InChI is InChI=1S/C12H19O4P/c1-2-3-4-5-9-16-11-7-6-8-12(10-11)17(13,14)15/h6-8,10H,2-5,9H2,1H3,(H2,13,14,15). The molecule has 0 heterocycles. The molecular weight excluding hydrogens is 239 g/mol. The third-order valence-electron chi connectivity index (χ3n) is 2.42. The van der Waals surface area contributed by atoms with Crippen LogP contribution >= 0.6 is 7.60 Å². The van der Waals surface area contributed by atoms with E-state index < -0.39 is 7.60 Å². The lowest BCUT2D eigenvalue weighted by molar-refractivity contribution is 0.305. The van der Waals surface area contributed by atoms with E-state index in [1.165, 1.54) is 25.0 Å². The summed E-state index contributed by atoms with van der Waals surface area (Å²) in [6.45, 7) is 2.73. The van der Waals surface area contributed by atoms with Gasteiger partial charge in [0, 0.05) is 0 Å². The maximum absolute atomic E-state index is 11.0. The van der Waals surface area contributed by atoms with Gasteiger partial charge in [-0.15, -0.1) is 0 Å². The lowest BCUT2D eigenvalue weighted by Gasteiger charge is -2.08. The van der Waals surface area contributed by atoms with Gasteiger partial charge in [-0.25, -0.2) is 0 Å². The molecule has 0 aliphatic carbocycles. The van der Waals surface area contributed by atoms with E-state index in [4.69, 9.17) is 14.5 Å². The summed E-state index contributed by atoms with van der Waals surface area (Å²) in [7, 11) is -4.17. The van der Waals surface area contributed by atoms with E-state index >= 15 is 0 Å². The molecule has 0 aromatic heterocycles. The van der Waals surface area contributed by atoms with Gasteiger partial charge in [0.15, 0.2) is 0 Å². The maximum Gasteiger partial charge on any atom is 0.356 e. The highest BCUT2D eigenvalue weighted by molar-refractivity contribution is 7.60. The number of hydrogen-bond acceptors (Lipinski definition) is 2. The van der Waals surface area contributed by atoms with E-state index in [0.717, 1.165) is 12.8 Å². The Morgan fingerprint density at radius 1 is 1.24 bits per heavy atom. The van der Waals surface area contributed by atoms with Gasteiger partial charge in [-0.1, -0.05) is 32.3 Å². The summed E-state index contributed by atoms with van der Waals surface area (Å²) in [6, 6.07) is 6.11. The summed E-state index contributed by atoms with van der Waals surface area (Å²) < 4.78 is 16.5. The van der Waals surface area contributed by atoms with Crippen LogP contribution in [0.1, 0.15) is 32.6 Å². The minimum atomic E-state index is -4.17. The monoisotopic (exact) mass is 258 g/mol. The molecule has 1 aromatic carbocycles. The van der Waals surface area contributed by atoms with Crippen LogP contribution in [0.15, 0.2) is 24.3 Å². The average Bonchev–Trinajstić information content (AvgIpc) is 2.28. The fourth-order valence-corrected chi connectivity index (χ4v) is 2.05. The predicted molar refractivity (Wildman–Crippen MR) is 67.8 cm³/mol. The van der Waals surface area contributed by atoms with Crippen molar-refractivity contribution in [1.82, 2.24) is 0 Å². The summed E-state index contributed by atoms with van der Waals surface area (Å²) >= 11 is 0. The van der Waals surface area contributed by atoms with E-state index in [0.29, 0.717) is 12.4 Å². The Labute approximate surface area is 102 Å². The van der Waals surface area contributed by atoms with Crippen molar-refractivity contribution in [2.75, 3.05) is 6.61 Å². The highest BCUT2D eigenvalue weighted by Crippen LogP contribution is 2.34. The number of unbranched alkanes of at least 4 members (excludes halogenated alkanes) is 3. The molecule has 0 amide bonds. The molecular formula is C12H19O4P. The Balaban J connectivity index is 2.47. The number of ether oxygens (including phenoxy) is 1. The van der Waals surface area contributed by atoms with Crippen LogP contribution in [-0.2, 0) is 4.57 Å². The van der Waals surface area contributed by atoms with Crippen LogP contribution in [0, 0.1) is 0 Å². The number of hydrogen-bond donors (Lipinski definition) is 2. The average molecular weight is 258 g/mol. The lowest BCUT2D eigenvalue weighted by Crippen LogP contribution is -2.05. The Bertz CT molecular complexity index is 386. The van der Waals surface area contributed by atoms with Crippen molar-refractivity contribution < 1.29 is 19.1 Å². The summed E-state index contributed by atoms with van der Waals surface area (Å²) in [5, 5.41) is 0.00329. The molecule has 0 unspecified atom stereocenters. The fourth-order valence-electron chi connectivity index (χ4n) is 1.47. The molecule has 0 aliphatic heterocycles. The van der Waals surface area contributed by atoms with Crippen LogP contribution < -0.4 is 10.0 Å². The minimum absolute atomic E-state index is 0.00329. The van der Waals surface area contributed by atoms with Gasteiger partial charge in [-0.2, -0.15) is 0 Å². The van der Waals surface area contributed by atoms with Crippen LogP contribution in [0.3, 0.4) is 0 Å². The summed E-state index contributed by atoms with van der Waals surface area (Å²) in [5.74, 6) is 0.516. The van der Waals surface area contributed by atoms with Crippen LogP contribution in [0.5, 0.6) is 5.75 Å². The van der Waals surface area contributed by atoms with Gasteiger partial charge in [0.2, 0.25) is 0 Å². The van der Waals surface area contributed by atoms with Gasteiger partial charge < -0.3 is 14.5 Å². The SMILES string of the molecule is CCCCCCOc1cccc(P(=O)(O)O)c1. The highest BCUT2D eigenvalue weighted by Gasteiger charge is 2.16. The molecule has 1 aromatic rings. The van der Waals surface area contributed by atoms with Gasteiger partial charge in [0.05, 0.1) is 11.9 Å². The number of benzene rings is 1. The Morgan fingerprint density at radius 3 is 2.65 bits per heavy atom. The molecule has 2 N–H and O–H groups in total. The largest absolute Gasteiger partial charge is 0.494 e. The molecule has 17 heavy (non-hydrogen) atoms. The third-order valence-corrected chi connectivity index (χ3v) is 3.37. The molecule has 5 heteroatoms. The molecule has 4 nitrogen and oxygen atoms in total. The van der Waals surface area contributed by atoms with Crippen molar-refractivity contribution in [3.63, 3.8) is 0 Å². The zero-order valence-electron chi connectivity index (χ0n) is 10.0.